The molecule has 3 N–H and O–H groups in total. The summed E-state index contributed by atoms with van der Waals surface area (Å²) in [5, 5.41) is 20.6. The van der Waals surface area contributed by atoms with Crippen molar-refractivity contribution in [3.8, 4) is 6.07 Å². The molecule has 14 heteroatoms. The zero-order chi connectivity index (χ0) is 25.2. The lowest BCUT2D eigenvalue weighted by molar-refractivity contribution is -0.132. The number of aromatic nitrogens is 3. The van der Waals surface area contributed by atoms with Crippen LogP contribution in [0.2, 0.25) is 0 Å². The monoisotopic (exact) mass is 492 g/mol. The Morgan fingerprint density at radius 1 is 1.50 bits per heavy atom. The van der Waals surface area contributed by atoms with E-state index in [-0.39, 0.29) is 29.3 Å². The van der Waals surface area contributed by atoms with E-state index in [0.29, 0.717) is 11.7 Å². The minimum Gasteiger partial charge on any atom is -0.465 e. The largest absolute Gasteiger partial charge is 0.465 e. The van der Waals surface area contributed by atoms with Gasteiger partial charge in [0.1, 0.15) is 42.0 Å². The highest BCUT2D eigenvalue weighted by molar-refractivity contribution is 7.58. The zero-order valence-corrected chi connectivity index (χ0v) is 19.9. The van der Waals surface area contributed by atoms with Crippen molar-refractivity contribution in [3.05, 3.63) is 18.1 Å². The number of aldehydes is 1. The number of nitriles is 1. The number of hydrogen-bond acceptors (Lipinski definition) is 11. The van der Waals surface area contributed by atoms with Crippen LogP contribution in [-0.2, 0) is 28.2 Å². The molecule has 1 fully saturated rings. The average Bonchev–Trinajstić information content (AvgIpc) is 3.34. The molecule has 1 aliphatic rings. The van der Waals surface area contributed by atoms with Gasteiger partial charge in [0.15, 0.2) is 6.23 Å². The van der Waals surface area contributed by atoms with Gasteiger partial charge in [0, 0.05) is 6.20 Å². The van der Waals surface area contributed by atoms with Crippen molar-refractivity contribution in [1.29, 1.82) is 5.26 Å². The molecule has 5 atom stereocenters. The number of aliphatic hydroxyl groups excluding tert-OH is 1. The molecule has 1 saturated heterocycles. The van der Waals surface area contributed by atoms with Crippen molar-refractivity contribution in [3.63, 3.8) is 0 Å². The minimum absolute atomic E-state index is 0.0799. The first-order chi connectivity index (χ1) is 16.1. The summed E-state index contributed by atoms with van der Waals surface area (Å²) in [6, 6.07) is 1.99. The third-order valence-electron chi connectivity index (χ3n) is 5.47. The van der Waals surface area contributed by atoms with E-state index in [4.69, 9.17) is 15.0 Å². The topological polar surface area (TPSA) is 192 Å². The Bertz CT molecular complexity index is 1220. The van der Waals surface area contributed by atoms with Crippen molar-refractivity contribution in [2.24, 2.45) is 10.7 Å². The van der Waals surface area contributed by atoms with Gasteiger partial charge >= 0.3 is 13.5 Å². The molecular weight excluding hydrogens is 467 g/mol. The molecule has 3 rings (SSSR count). The second-order valence-corrected chi connectivity index (χ2v) is 10.5. The summed E-state index contributed by atoms with van der Waals surface area (Å²) in [6.07, 6.45) is -0.320. The van der Waals surface area contributed by atoms with Gasteiger partial charge in [-0.25, -0.2) is 14.8 Å². The van der Waals surface area contributed by atoms with E-state index < -0.39 is 43.5 Å². The van der Waals surface area contributed by atoms with Crippen LogP contribution in [0.4, 0.5) is 5.82 Å². The first-order valence-corrected chi connectivity index (χ1v) is 11.9. The van der Waals surface area contributed by atoms with E-state index in [1.807, 2.05) is 6.07 Å². The molecule has 5 unspecified atom stereocenters. The van der Waals surface area contributed by atoms with Gasteiger partial charge in [-0.05, 0) is 6.92 Å². The summed E-state index contributed by atoms with van der Waals surface area (Å²) in [7, 11) is -2.57. The average molecular weight is 492 g/mol. The fraction of sp³-hybridized carbons (Fsp3) is 0.500. The highest BCUT2D eigenvalue weighted by atomic mass is 31.2. The number of fused-ring (bicyclic) bond motifs is 1. The van der Waals surface area contributed by atoms with E-state index in [1.165, 1.54) is 31.1 Å². The second kappa shape index (κ2) is 9.99. The lowest BCUT2D eigenvalue weighted by atomic mass is 10.0. The normalized spacial score (nSPS) is 24.7. The van der Waals surface area contributed by atoms with Crippen molar-refractivity contribution in [1.82, 2.24) is 14.5 Å². The maximum atomic E-state index is 13.3. The molecule has 0 bridgehead atoms. The molecule has 0 amide bonds. The SMILES string of the molecule is COC(=O)C(C)=NP(=O)(OCC1OC(n2cc(C#N)c3c(N)ncnc32)C(O)C1C=O)C(C)C. The molecule has 34 heavy (non-hydrogen) atoms. The number of hydrogen-bond donors (Lipinski definition) is 2. The van der Waals surface area contributed by atoms with Gasteiger partial charge in [0.2, 0.25) is 0 Å². The number of aliphatic hydroxyl groups is 1. The molecule has 13 nitrogen and oxygen atoms in total. The van der Waals surface area contributed by atoms with Crippen LogP contribution in [0.5, 0.6) is 0 Å². The summed E-state index contributed by atoms with van der Waals surface area (Å²) in [6.45, 7) is 4.21. The van der Waals surface area contributed by atoms with Gasteiger partial charge in [-0.3, -0.25) is 4.57 Å². The molecule has 0 saturated carbocycles. The van der Waals surface area contributed by atoms with Crippen LogP contribution in [0.1, 0.15) is 32.6 Å². The molecule has 2 aromatic heterocycles. The molecule has 2 aromatic rings. The first-order valence-electron chi connectivity index (χ1n) is 10.3. The number of nitrogens with two attached hydrogens (primary N) is 1. The van der Waals surface area contributed by atoms with Crippen molar-refractivity contribution < 1.29 is 33.3 Å². The van der Waals surface area contributed by atoms with E-state index in [9.17, 15) is 24.5 Å². The minimum atomic E-state index is -3.74. The van der Waals surface area contributed by atoms with Gasteiger partial charge < -0.3 is 34.2 Å². The molecule has 0 radical (unpaired) electrons. The van der Waals surface area contributed by atoms with Gasteiger partial charge in [-0.15, -0.1) is 0 Å². The molecule has 1 aliphatic heterocycles. The number of nitrogen functional groups attached to an aromatic ring is 1. The van der Waals surface area contributed by atoms with Gasteiger partial charge in [0.05, 0.1) is 42.3 Å². The van der Waals surface area contributed by atoms with Gasteiger partial charge in [0.25, 0.3) is 0 Å². The summed E-state index contributed by atoms with van der Waals surface area (Å²) >= 11 is 0. The number of anilines is 1. The fourth-order valence-corrected chi connectivity index (χ4v) is 5.01. The molecule has 0 spiro atoms. The Balaban J connectivity index is 1.90. The number of methoxy groups -OCH3 is 1. The Labute approximate surface area is 195 Å². The van der Waals surface area contributed by atoms with E-state index in [1.54, 1.807) is 13.8 Å². The number of carbonyl (C=O) groups is 2. The van der Waals surface area contributed by atoms with Crippen molar-refractivity contribution in [2.75, 3.05) is 19.5 Å². The highest BCUT2D eigenvalue weighted by Gasteiger charge is 2.46. The van der Waals surface area contributed by atoms with Gasteiger partial charge in [-0.1, -0.05) is 13.8 Å². The smallest absolute Gasteiger partial charge is 0.352 e. The van der Waals surface area contributed by atoms with Crippen LogP contribution in [0.15, 0.2) is 17.3 Å². The second-order valence-electron chi connectivity index (χ2n) is 7.92. The number of esters is 1. The van der Waals surface area contributed by atoms with Crippen LogP contribution >= 0.6 is 7.52 Å². The molecule has 3 heterocycles. The molecular formula is C20H25N6O7P. The fourth-order valence-electron chi connectivity index (χ4n) is 3.57. The predicted molar refractivity (Wildman–Crippen MR) is 120 cm³/mol. The summed E-state index contributed by atoms with van der Waals surface area (Å²) in [4.78, 5) is 31.5. The number of rotatable bonds is 8. The number of ether oxygens (including phenoxy) is 2. The van der Waals surface area contributed by atoms with Crippen LogP contribution in [-0.4, -0.2) is 69.2 Å². The van der Waals surface area contributed by atoms with E-state index in [0.717, 1.165) is 0 Å². The number of nitrogens with zero attached hydrogens (tertiary/aromatic N) is 5. The van der Waals surface area contributed by atoms with Crippen molar-refractivity contribution >= 4 is 42.3 Å². The Kier molecular flexibility index (Phi) is 7.48. The highest BCUT2D eigenvalue weighted by Crippen LogP contribution is 2.54. The Morgan fingerprint density at radius 2 is 2.21 bits per heavy atom. The summed E-state index contributed by atoms with van der Waals surface area (Å²) in [5.74, 6) is -1.72. The van der Waals surface area contributed by atoms with Crippen LogP contribution in [0.3, 0.4) is 0 Å². The lowest BCUT2D eigenvalue weighted by Crippen LogP contribution is -2.30. The Morgan fingerprint density at radius 3 is 2.79 bits per heavy atom. The van der Waals surface area contributed by atoms with Gasteiger partial charge in [-0.2, -0.15) is 10.0 Å². The van der Waals surface area contributed by atoms with Crippen LogP contribution in [0, 0.1) is 17.2 Å². The standard InChI is InChI=1S/C20H25N6O7P/c1-10(2)34(30,25-11(3)20(29)31-4)32-8-14-13(7-27)16(28)19(33-14)26-6-12(5-21)15-17(22)23-9-24-18(15)26/h6-7,9-10,13-14,16,19,28H,8H2,1-4H3,(H2,22,23,24). The van der Waals surface area contributed by atoms with E-state index >= 15 is 0 Å². The quantitative estimate of drug-likeness (QED) is 0.233. The lowest BCUT2D eigenvalue weighted by Gasteiger charge is -2.22. The molecule has 0 aromatic carbocycles. The van der Waals surface area contributed by atoms with Crippen molar-refractivity contribution in [2.45, 2.75) is 44.9 Å². The summed E-state index contributed by atoms with van der Waals surface area (Å²) < 4.78 is 34.7. The number of carbonyl (C=O) groups excluding carboxylic acids is 2. The van der Waals surface area contributed by atoms with Crippen LogP contribution < -0.4 is 5.73 Å². The summed E-state index contributed by atoms with van der Waals surface area (Å²) in [5.41, 5.74) is 5.58. The molecule has 0 aliphatic carbocycles. The predicted octanol–water partition coefficient (Wildman–Crippen LogP) is 1.21. The third kappa shape index (κ3) is 4.58. The van der Waals surface area contributed by atoms with E-state index in [2.05, 4.69) is 19.5 Å². The maximum Gasteiger partial charge on any atom is 0.352 e. The zero-order valence-electron chi connectivity index (χ0n) is 19.0. The van der Waals surface area contributed by atoms with Crippen LogP contribution in [0.25, 0.3) is 11.0 Å². The Hall–Kier alpha value is -3.17. The first kappa shape index (κ1) is 25.5. The maximum absolute atomic E-state index is 13.3. The third-order valence-corrected chi connectivity index (χ3v) is 7.87. The molecule has 182 valence electrons.